The summed E-state index contributed by atoms with van der Waals surface area (Å²) in [4.78, 5) is 13.1. The van der Waals surface area contributed by atoms with Gasteiger partial charge < -0.3 is 14.8 Å². The van der Waals surface area contributed by atoms with Crippen molar-refractivity contribution in [1.82, 2.24) is 5.32 Å². The fraction of sp³-hybridized carbons (Fsp3) is 0.345. The van der Waals surface area contributed by atoms with Gasteiger partial charge in [-0.2, -0.15) is 0 Å². The smallest absolute Gasteiger partial charge is 0.264 e. The number of ether oxygens (including phenoxy) is 2. The van der Waals surface area contributed by atoms with Crippen molar-refractivity contribution in [2.45, 2.75) is 38.5 Å². The third-order valence-corrected chi connectivity index (χ3v) is 8.03. The van der Waals surface area contributed by atoms with E-state index in [4.69, 9.17) is 9.47 Å². The second kappa shape index (κ2) is 12.6. The predicted molar refractivity (Wildman–Crippen MR) is 147 cm³/mol. The summed E-state index contributed by atoms with van der Waals surface area (Å²) in [5.74, 6) is 0.583. The van der Waals surface area contributed by atoms with Crippen molar-refractivity contribution in [2.75, 3.05) is 31.6 Å². The number of carbonyl (C=O) groups is 1. The lowest BCUT2D eigenvalue weighted by molar-refractivity contribution is -0.119. The maximum absolute atomic E-state index is 13.8. The maximum atomic E-state index is 13.8. The van der Waals surface area contributed by atoms with Crippen molar-refractivity contribution in [3.8, 4) is 11.5 Å². The van der Waals surface area contributed by atoms with Gasteiger partial charge in [-0.1, -0.05) is 49.7 Å². The largest absolute Gasteiger partial charge is 0.493 e. The van der Waals surface area contributed by atoms with E-state index in [0.717, 1.165) is 28.3 Å². The lowest BCUT2D eigenvalue weighted by Gasteiger charge is -2.26. The average molecular weight is 525 g/mol. The Kier molecular flexibility index (Phi) is 9.58. The van der Waals surface area contributed by atoms with E-state index in [1.807, 2.05) is 38.1 Å². The highest BCUT2D eigenvalue weighted by atomic mass is 32.2. The summed E-state index contributed by atoms with van der Waals surface area (Å²) in [6.07, 6.45) is 1.72. The van der Waals surface area contributed by atoms with Gasteiger partial charge in [-0.25, -0.2) is 8.42 Å². The summed E-state index contributed by atoms with van der Waals surface area (Å²) >= 11 is 0. The van der Waals surface area contributed by atoms with E-state index in [0.29, 0.717) is 23.7 Å². The Morgan fingerprint density at radius 3 is 2.16 bits per heavy atom. The van der Waals surface area contributed by atoms with E-state index in [9.17, 15) is 13.2 Å². The van der Waals surface area contributed by atoms with Crippen molar-refractivity contribution in [3.63, 3.8) is 0 Å². The van der Waals surface area contributed by atoms with E-state index in [1.54, 1.807) is 18.2 Å². The van der Waals surface area contributed by atoms with Gasteiger partial charge in [0, 0.05) is 12.6 Å². The fourth-order valence-corrected chi connectivity index (χ4v) is 5.69. The SMILES string of the molecule is CCC(CNC(=O)CN(c1cc(C)cc(C)c1)S(=O)(=O)c1ccc(OC)c(OC)c1)Cc1ccccc1. The summed E-state index contributed by atoms with van der Waals surface area (Å²) in [5, 5.41) is 2.96. The molecule has 1 unspecified atom stereocenters. The molecule has 0 spiro atoms. The maximum Gasteiger partial charge on any atom is 0.264 e. The Bertz CT molecular complexity index is 1290. The highest BCUT2D eigenvalue weighted by Gasteiger charge is 2.29. The summed E-state index contributed by atoms with van der Waals surface area (Å²) < 4.78 is 39.4. The van der Waals surface area contributed by atoms with E-state index in [1.165, 1.54) is 31.9 Å². The zero-order valence-electron chi connectivity index (χ0n) is 22.2. The number of carbonyl (C=O) groups excluding carboxylic acids is 1. The summed E-state index contributed by atoms with van der Waals surface area (Å²) in [6.45, 7) is 5.99. The van der Waals surface area contributed by atoms with Gasteiger partial charge in [-0.05, 0) is 67.1 Å². The van der Waals surface area contributed by atoms with Crippen LogP contribution in [0.4, 0.5) is 5.69 Å². The number of hydrogen-bond donors (Lipinski definition) is 1. The van der Waals surface area contributed by atoms with Crippen molar-refractivity contribution in [3.05, 3.63) is 83.4 Å². The van der Waals surface area contributed by atoms with Gasteiger partial charge in [0.05, 0.1) is 24.8 Å². The molecule has 37 heavy (non-hydrogen) atoms. The summed E-state index contributed by atoms with van der Waals surface area (Å²) in [5.41, 5.74) is 3.43. The number of rotatable bonds is 12. The summed E-state index contributed by atoms with van der Waals surface area (Å²) in [6, 6.07) is 20.0. The average Bonchev–Trinajstić information content (AvgIpc) is 2.89. The Labute approximate surface area is 220 Å². The van der Waals surface area contributed by atoms with Gasteiger partial charge in [0.15, 0.2) is 11.5 Å². The second-order valence-electron chi connectivity index (χ2n) is 9.14. The van der Waals surface area contributed by atoms with Crippen molar-refractivity contribution < 1.29 is 22.7 Å². The molecule has 0 saturated heterocycles. The fourth-order valence-electron chi connectivity index (χ4n) is 4.27. The lowest BCUT2D eigenvalue weighted by Crippen LogP contribution is -2.42. The highest BCUT2D eigenvalue weighted by molar-refractivity contribution is 7.92. The van der Waals surface area contributed by atoms with Crippen LogP contribution in [0.5, 0.6) is 11.5 Å². The van der Waals surface area contributed by atoms with Crippen LogP contribution < -0.4 is 19.1 Å². The van der Waals surface area contributed by atoms with Gasteiger partial charge in [0.1, 0.15) is 6.54 Å². The zero-order valence-corrected chi connectivity index (χ0v) is 23.0. The first-order valence-corrected chi connectivity index (χ1v) is 13.8. The molecule has 0 fully saturated rings. The van der Waals surface area contributed by atoms with Crippen molar-refractivity contribution in [1.29, 1.82) is 0 Å². The van der Waals surface area contributed by atoms with Gasteiger partial charge in [-0.15, -0.1) is 0 Å². The molecule has 0 aliphatic carbocycles. The van der Waals surface area contributed by atoms with Gasteiger partial charge in [0.2, 0.25) is 5.91 Å². The number of nitrogens with zero attached hydrogens (tertiary/aromatic N) is 1. The van der Waals surface area contributed by atoms with Crippen LogP contribution in [-0.2, 0) is 21.2 Å². The normalized spacial score (nSPS) is 12.0. The van der Waals surface area contributed by atoms with Crippen LogP contribution in [0, 0.1) is 19.8 Å². The zero-order chi connectivity index (χ0) is 27.0. The highest BCUT2D eigenvalue weighted by Crippen LogP contribution is 2.32. The molecular formula is C29H36N2O5S. The number of nitrogens with one attached hydrogen (secondary N) is 1. The van der Waals surface area contributed by atoms with Crippen LogP contribution in [0.25, 0.3) is 0 Å². The molecular weight excluding hydrogens is 488 g/mol. The Morgan fingerprint density at radius 2 is 1.57 bits per heavy atom. The molecule has 3 aromatic carbocycles. The first-order valence-electron chi connectivity index (χ1n) is 12.3. The topological polar surface area (TPSA) is 84.9 Å². The van der Waals surface area contributed by atoms with E-state index >= 15 is 0 Å². The first-order chi connectivity index (χ1) is 17.7. The lowest BCUT2D eigenvalue weighted by atomic mass is 9.97. The molecule has 198 valence electrons. The molecule has 0 bridgehead atoms. The second-order valence-corrected chi connectivity index (χ2v) is 11.0. The summed E-state index contributed by atoms with van der Waals surface area (Å²) in [7, 11) is -1.16. The van der Waals surface area contributed by atoms with Crippen LogP contribution in [0.1, 0.15) is 30.0 Å². The molecule has 1 atom stereocenters. The molecule has 3 aromatic rings. The number of aryl methyl sites for hydroxylation is 2. The third kappa shape index (κ3) is 7.26. The monoisotopic (exact) mass is 524 g/mol. The minimum absolute atomic E-state index is 0.00706. The van der Waals surface area contributed by atoms with Crippen LogP contribution >= 0.6 is 0 Å². The molecule has 1 N–H and O–H groups in total. The van der Waals surface area contributed by atoms with E-state index in [2.05, 4.69) is 24.4 Å². The molecule has 8 heteroatoms. The Hall–Kier alpha value is -3.52. The van der Waals surface area contributed by atoms with Crippen LogP contribution in [0.2, 0.25) is 0 Å². The molecule has 0 aliphatic rings. The van der Waals surface area contributed by atoms with Crippen molar-refractivity contribution in [2.24, 2.45) is 5.92 Å². The molecule has 3 rings (SSSR count). The predicted octanol–water partition coefficient (Wildman–Crippen LogP) is 4.90. The number of methoxy groups -OCH3 is 2. The Morgan fingerprint density at radius 1 is 0.919 bits per heavy atom. The molecule has 0 radical (unpaired) electrons. The number of amides is 1. The number of anilines is 1. The molecule has 0 heterocycles. The standard InChI is InChI=1S/C29H36N2O5S/c1-6-23(17-24-10-8-7-9-11-24)19-30-29(32)20-31(25-15-21(2)14-22(3)16-25)37(33,34)26-12-13-27(35-4)28(18-26)36-5/h7-16,18,23H,6,17,19-20H2,1-5H3,(H,30,32). The van der Waals surface area contributed by atoms with Gasteiger partial charge >= 0.3 is 0 Å². The van der Waals surface area contributed by atoms with Crippen LogP contribution in [0.15, 0.2) is 71.6 Å². The quantitative estimate of drug-likeness (QED) is 0.364. The molecule has 7 nitrogen and oxygen atoms in total. The van der Waals surface area contributed by atoms with E-state index < -0.39 is 10.0 Å². The minimum Gasteiger partial charge on any atom is -0.493 e. The van der Waals surface area contributed by atoms with Gasteiger partial charge in [-0.3, -0.25) is 9.10 Å². The third-order valence-electron chi connectivity index (χ3n) is 6.26. The Balaban J connectivity index is 1.87. The molecule has 0 aromatic heterocycles. The molecule has 1 amide bonds. The van der Waals surface area contributed by atoms with Crippen molar-refractivity contribution >= 4 is 21.6 Å². The molecule has 0 aliphatic heterocycles. The van der Waals surface area contributed by atoms with Crippen LogP contribution in [-0.4, -0.2) is 41.6 Å². The number of benzene rings is 3. The van der Waals surface area contributed by atoms with E-state index in [-0.39, 0.29) is 23.3 Å². The molecule has 0 saturated carbocycles. The minimum atomic E-state index is -4.10. The van der Waals surface area contributed by atoms with Gasteiger partial charge in [0.25, 0.3) is 10.0 Å². The van der Waals surface area contributed by atoms with Crippen LogP contribution in [0.3, 0.4) is 0 Å². The number of hydrogen-bond acceptors (Lipinski definition) is 5. The number of sulfonamides is 1. The first kappa shape index (κ1) is 28.1.